The number of carbonyl (C=O) groups is 1. The third-order valence-corrected chi connectivity index (χ3v) is 2.35. The summed E-state index contributed by atoms with van der Waals surface area (Å²) in [7, 11) is 0. The highest BCUT2D eigenvalue weighted by Crippen LogP contribution is 2.07. The summed E-state index contributed by atoms with van der Waals surface area (Å²) < 4.78 is 6.15. The molecule has 0 aliphatic carbocycles. The standard InChI is InChI=1S/C12H13N3O3/c13-7-9-6-11(16)15(14-9)12(17)8-18-10-4-2-1-3-5-10/h1-6,14H,7-8,13H2. The van der Waals surface area contributed by atoms with Gasteiger partial charge in [-0.25, -0.2) is 0 Å². The molecule has 0 spiro atoms. The molecule has 0 unspecified atom stereocenters. The number of aromatic amines is 1. The lowest BCUT2D eigenvalue weighted by atomic mass is 10.3. The number of aromatic nitrogens is 2. The van der Waals surface area contributed by atoms with E-state index in [-0.39, 0.29) is 13.2 Å². The van der Waals surface area contributed by atoms with E-state index in [4.69, 9.17) is 10.5 Å². The summed E-state index contributed by atoms with van der Waals surface area (Å²) in [6.07, 6.45) is 0. The number of nitrogens with zero attached hydrogens (tertiary/aromatic N) is 1. The molecule has 0 atom stereocenters. The van der Waals surface area contributed by atoms with Crippen molar-refractivity contribution >= 4 is 5.91 Å². The van der Waals surface area contributed by atoms with Crippen LogP contribution in [-0.4, -0.2) is 22.3 Å². The molecule has 6 heteroatoms. The third kappa shape index (κ3) is 2.67. The monoisotopic (exact) mass is 247 g/mol. The Morgan fingerprint density at radius 1 is 1.33 bits per heavy atom. The number of para-hydroxylation sites is 1. The molecule has 6 nitrogen and oxygen atoms in total. The average Bonchev–Trinajstić information content (AvgIpc) is 2.78. The van der Waals surface area contributed by atoms with E-state index < -0.39 is 11.5 Å². The maximum atomic E-state index is 11.7. The molecule has 3 N–H and O–H groups in total. The van der Waals surface area contributed by atoms with Gasteiger partial charge in [-0.2, -0.15) is 4.68 Å². The second kappa shape index (κ2) is 5.33. The number of nitrogens with two attached hydrogens (primary N) is 1. The first kappa shape index (κ1) is 12.1. The summed E-state index contributed by atoms with van der Waals surface area (Å²) in [5, 5.41) is 2.62. The van der Waals surface area contributed by atoms with Gasteiger partial charge in [0.15, 0.2) is 6.61 Å². The number of benzene rings is 1. The molecule has 0 aliphatic rings. The number of hydrogen-bond donors (Lipinski definition) is 2. The van der Waals surface area contributed by atoms with Crippen molar-refractivity contribution in [1.82, 2.24) is 9.78 Å². The number of ether oxygens (including phenoxy) is 1. The number of nitrogens with one attached hydrogen (secondary N) is 1. The maximum Gasteiger partial charge on any atom is 0.286 e. The van der Waals surface area contributed by atoms with E-state index in [1.165, 1.54) is 6.07 Å². The number of carbonyl (C=O) groups excluding carboxylic acids is 1. The molecule has 2 aromatic rings. The summed E-state index contributed by atoms with van der Waals surface area (Å²) in [4.78, 5) is 23.2. The Hall–Kier alpha value is -2.34. The van der Waals surface area contributed by atoms with E-state index in [9.17, 15) is 9.59 Å². The lowest BCUT2D eigenvalue weighted by Crippen LogP contribution is -2.28. The van der Waals surface area contributed by atoms with Crippen LogP contribution in [0.2, 0.25) is 0 Å². The summed E-state index contributed by atoms with van der Waals surface area (Å²) in [6.45, 7) is -0.0382. The summed E-state index contributed by atoms with van der Waals surface area (Å²) >= 11 is 0. The van der Waals surface area contributed by atoms with Crippen LogP contribution in [0.3, 0.4) is 0 Å². The highest BCUT2D eigenvalue weighted by Gasteiger charge is 2.10. The van der Waals surface area contributed by atoms with E-state index in [2.05, 4.69) is 5.10 Å². The Bertz CT molecular complexity index is 586. The van der Waals surface area contributed by atoms with E-state index in [0.717, 1.165) is 4.68 Å². The van der Waals surface area contributed by atoms with Crippen molar-refractivity contribution in [2.45, 2.75) is 6.54 Å². The summed E-state index contributed by atoms with van der Waals surface area (Å²) in [5.41, 5.74) is 5.45. The van der Waals surface area contributed by atoms with Crippen LogP contribution < -0.4 is 16.0 Å². The molecule has 0 fully saturated rings. The van der Waals surface area contributed by atoms with Crippen molar-refractivity contribution in [3.8, 4) is 5.75 Å². The highest BCUT2D eigenvalue weighted by atomic mass is 16.5. The Labute approximate surface area is 103 Å². The lowest BCUT2D eigenvalue weighted by molar-refractivity contribution is 0.0816. The topological polar surface area (TPSA) is 90.1 Å². The molecule has 0 amide bonds. The first-order valence-electron chi connectivity index (χ1n) is 5.43. The molecule has 94 valence electrons. The zero-order chi connectivity index (χ0) is 13.0. The first-order valence-corrected chi connectivity index (χ1v) is 5.43. The van der Waals surface area contributed by atoms with Crippen molar-refractivity contribution < 1.29 is 9.53 Å². The molecule has 18 heavy (non-hydrogen) atoms. The van der Waals surface area contributed by atoms with Crippen molar-refractivity contribution in [3.05, 3.63) is 52.4 Å². The van der Waals surface area contributed by atoms with Gasteiger partial charge in [0.2, 0.25) is 0 Å². The van der Waals surface area contributed by atoms with Crippen molar-refractivity contribution in [2.24, 2.45) is 5.73 Å². The van der Waals surface area contributed by atoms with Gasteiger partial charge in [0.1, 0.15) is 5.75 Å². The van der Waals surface area contributed by atoms with Crippen LogP contribution in [0.1, 0.15) is 10.5 Å². The predicted octanol–water partition coefficient (Wildman–Crippen LogP) is 0.354. The Balaban J connectivity index is 2.04. The summed E-state index contributed by atoms with van der Waals surface area (Å²) in [6, 6.07) is 10.2. The first-order chi connectivity index (χ1) is 8.70. The van der Waals surface area contributed by atoms with Crippen molar-refractivity contribution in [2.75, 3.05) is 6.61 Å². The molecule has 2 rings (SSSR count). The van der Waals surface area contributed by atoms with Gasteiger partial charge in [-0.05, 0) is 12.1 Å². The zero-order valence-electron chi connectivity index (χ0n) is 9.63. The van der Waals surface area contributed by atoms with Crippen molar-refractivity contribution in [1.29, 1.82) is 0 Å². The van der Waals surface area contributed by atoms with Crippen LogP contribution in [0.5, 0.6) is 5.75 Å². The van der Waals surface area contributed by atoms with E-state index in [1.807, 2.05) is 6.07 Å². The van der Waals surface area contributed by atoms with Crippen LogP contribution in [-0.2, 0) is 6.54 Å². The molecule has 0 saturated carbocycles. The molecule has 1 aromatic heterocycles. The minimum atomic E-state index is -0.469. The average molecular weight is 247 g/mol. The highest BCUT2D eigenvalue weighted by molar-refractivity contribution is 5.79. The Morgan fingerprint density at radius 3 is 2.67 bits per heavy atom. The van der Waals surface area contributed by atoms with Crippen molar-refractivity contribution in [3.63, 3.8) is 0 Å². The van der Waals surface area contributed by atoms with Crippen LogP contribution in [0.25, 0.3) is 0 Å². The number of H-pyrrole nitrogens is 1. The van der Waals surface area contributed by atoms with E-state index in [0.29, 0.717) is 11.4 Å². The molecule has 1 aromatic carbocycles. The predicted molar refractivity (Wildman–Crippen MR) is 65.5 cm³/mol. The quantitative estimate of drug-likeness (QED) is 0.816. The second-order valence-corrected chi connectivity index (χ2v) is 3.65. The molecular weight excluding hydrogens is 234 g/mol. The van der Waals surface area contributed by atoms with E-state index >= 15 is 0 Å². The third-order valence-electron chi connectivity index (χ3n) is 2.35. The molecule has 0 bridgehead atoms. The smallest absolute Gasteiger partial charge is 0.286 e. The molecule has 1 heterocycles. The van der Waals surface area contributed by atoms with Gasteiger partial charge in [0.25, 0.3) is 11.5 Å². The van der Waals surface area contributed by atoms with Gasteiger partial charge < -0.3 is 10.5 Å². The van der Waals surface area contributed by atoms with Gasteiger partial charge in [0.05, 0.1) is 5.69 Å². The van der Waals surface area contributed by atoms with Gasteiger partial charge in [-0.15, -0.1) is 0 Å². The fourth-order valence-electron chi connectivity index (χ4n) is 1.46. The normalized spacial score (nSPS) is 10.3. The summed E-state index contributed by atoms with van der Waals surface area (Å²) in [5.74, 6) is 0.105. The van der Waals surface area contributed by atoms with Crippen LogP contribution in [0, 0.1) is 0 Å². The fourth-order valence-corrected chi connectivity index (χ4v) is 1.46. The van der Waals surface area contributed by atoms with Gasteiger partial charge in [-0.3, -0.25) is 14.7 Å². The number of hydrogen-bond acceptors (Lipinski definition) is 4. The Morgan fingerprint density at radius 2 is 2.06 bits per heavy atom. The van der Waals surface area contributed by atoms with Crippen LogP contribution in [0.15, 0.2) is 41.2 Å². The number of rotatable bonds is 4. The molecule has 0 aliphatic heterocycles. The largest absolute Gasteiger partial charge is 0.484 e. The lowest BCUT2D eigenvalue weighted by Gasteiger charge is -2.04. The fraction of sp³-hybridized carbons (Fsp3) is 0.167. The van der Waals surface area contributed by atoms with Gasteiger partial charge >= 0.3 is 0 Å². The second-order valence-electron chi connectivity index (χ2n) is 3.65. The van der Waals surface area contributed by atoms with Gasteiger partial charge in [0, 0.05) is 12.6 Å². The van der Waals surface area contributed by atoms with Crippen LogP contribution >= 0.6 is 0 Å². The maximum absolute atomic E-state index is 11.7. The van der Waals surface area contributed by atoms with Crippen LogP contribution in [0.4, 0.5) is 0 Å². The van der Waals surface area contributed by atoms with E-state index in [1.54, 1.807) is 24.3 Å². The molecule has 0 radical (unpaired) electrons. The Kier molecular flexibility index (Phi) is 3.59. The minimum absolute atomic E-state index is 0.176. The SMILES string of the molecule is NCc1cc(=O)n(C(=O)COc2ccccc2)[nH]1. The molecular formula is C12H13N3O3. The van der Waals surface area contributed by atoms with Gasteiger partial charge in [-0.1, -0.05) is 18.2 Å². The zero-order valence-corrected chi connectivity index (χ0v) is 9.63. The minimum Gasteiger partial charge on any atom is -0.484 e. The molecule has 0 saturated heterocycles.